The zero-order valence-corrected chi connectivity index (χ0v) is 31.4. The van der Waals surface area contributed by atoms with Gasteiger partial charge in [0.2, 0.25) is 0 Å². The van der Waals surface area contributed by atoms with Crippen molar-refractivity contribution in [3.63, 3.8) is 0 Å². The van der Waals surface area contributed by atoms with Crippen LogP contribution in [-0.4, -0.2) is 22.5 Å². The average molecular weight is 721 g/mol. The Hall–Kier alpha value is -6.55. The number of nitrogens with zero attached hydrogens (tertiary/aromatic N) is 2. The second-order valence-electron chi connectivity index (χ2n) is 14.9. The molecule has 3 heteroatoms. The van der Waals surface area contributed by atoms with Crippen LogP contribution >= 0.6 is 10.0 Å². The molecule has 1 aliphatic rings. The Labute approximate surface area is 322 Å². The van der Waals surface area contributed by atoms with Gasteiger partial charge in [-0.1, -0.05) is 146 Å². The van der Waals surface area contributed by atoms with E-state index >= 15 is 0 Å². The molecule has 0 atom stereocenters. The molecule has 0 amide bonds. The van der Waals surface area contributed by atoms with Crippen molar-refractivity contribution >= 4 is 53.2 Å². The van der Waals surface area contributed by atoms with Crippen molar-refractivity contribution in [2.45, 2.75) is 9.79 Å². The first kappa shape index (κ1) is 31.9. The van der Waals surface area contributed by atoms with Gasteiger partial charge in [0, 0.05) is 31.9 Å². The topological polar surface area (TPSA) is 25.8 Å². The number of hydrogen-bond donors (Lipinski definition) is 0. The molecule has 1 aliphatic heterocycles. The highest BCUT2D eigenvalue weighted by atomic mass is 32.3. The van der Waals surface area contributed by atoms with Crippen LogP contribution in [0.3, 0.4) is 0 Å². The summed E-state index contributed by atoms with van der Waals surface area (Å²) in [6.07, 6.45) is 4.81. The van der Waals surface area contributed by atoms with Gasteiger partial charge in [-0.3, -0.25) is 0 Å². The van der Waals surface area contributed by atoms with Gasteiger partial charge in [0.25, 0.3) is 0 Å². The Morgan fingerprint density at radius 2 is 0.855 bits per heavy atom. The van der Waals surface area contributed by atoms with Gasteiger partial charge >= 0.3 is 0 Å². The summed E-state index contributed by atoms with van der Waals surface area (Å²) < 4.78 is 0. The van der Waals surface area contributed by atoms with E-state index in [-0.39, 0.29) is 0 Å². The van der Waals surface area contributed by atoms with Gasteiger partial charge in [0.15, 0.2) is 5.82 Å². The van der Waals surface area contributed by atoms with E-state index in [0.717, 1.165) is 44.7 Å². The summed E-state index contributed by atoms with van der Waals surface area (Å²) in [4.78, 5) is 13.6. The number of fused-ring (bicyclic) bond motifs is 11. The standard InChI is InChI=1S/C52H36N2S/c1-55(2)47-25-11-10-24-44(47)49-48(55)29-28-45-50(33-14-4-3-5-15-33)53-52(54-51(45)49)38-19-13-18-36(31-38)34-16-12-17-35(30-34)37-26-27-43-41-22-7-6-20-39(41)40-21-8-9-23-42(40)46(43)32-37/h3-32H,1-2H3. The van der Waals surface area contributed by atoms with Gasteiger partial charge in [-0.25, -0.2) is 9.97 Å². The average Bonchev–Trinajstić information content (AvgIpc) is 3.49. The minimum absolute atomic E-state index is 0.739. The van der Waals surface area contributed by atoms with E-state index < -0.39 is 10.0 Å². The summed E-state index contributed by atoms with van der Waals surface area (Å²) in [6, 6.07) is 66.1. The molecule has 0 spiro atoms. The van der Waals surface area contributed by atoms with Crippen molar-refractivity contribution in [2.24, 2.45) is 0 Å². The van der Waals surface area contributed by atoms with Crippen LogP contribution in [0.2, 0.25) is 0 Å². The zero-order valence-electron chi connectivity index (χ0n) is 30.6. The first-order valence-electron chi connectivity index (χ1n) is 18.8. The van der Waals surface area contributed by atoms with Gasteiger partial charge in [0.05, 0.1) is 11.2 Å². The summed E-state index contributed by atoms with van der Waals surface area (Å²) in [6.45, 7) is 0. The first-order chi connectivity index (χ1) is 27.0. The van der Waals surface area contributed by atoms with Crippen molar-refractivity contribution in [2.75, 3.05) is 12.5 Å². The maximum Gasteiger partial charge on any atom is 0.160 e. The molecule has 55 heavy (non-hydrogen) atoms. The molecule has 2 heterocycles. The van der Waals surface area contributed by atoms with Gasteiger partial charge in [-0.15, -0.1) is 0 Å². The molecule has 0 fully saturated rings. The number of aromatic nitrogens is 2. The summed E-state index contributed by atoms with van der Waals surface area (Å²) in [5.41, 5.74) is 11.3. The van der Waals surface area contributed by atoms with E-state index in [4.69, 9.17) is 9.97 Å². The summed E-state index contributed by atoms with van der Waals surface area (Å²) in [5, 5.41) is 8.81. The van der Waals surface area contributed by atoms with Gasteiger partial charge in [0.1, 0.15) is 0 Å². The third kappa shape index (κ3) is 4.97. The largest absolute Gasteiger partial charge is 0.227 e. The van der Waals surface area contributed by atoms with Crippen LogP contribution in [0.25, 0.3) is 99.2 Å². The van der Waals surface area contributed by atoms with Crippen LogP contribution in [0, 0.1) is 0 Å². The normalized spacial score (nSPS) is 13.6. The van der Waals surface area contributed by atoms with Crippen LogP contribution in [-0.2, 0) is 0 Å². The van der Waals surface area contributed by atoms with E-state index in [1.165, 1.54) is 64.4 Å². The van der Waals surface area contributed by atoms with Crippen LogP contribution in [0.15, 0.2) is 192 Å². The van der Waals surface area contributed by atoms with Crippen molar-refractivity contribution < 1.29 is 0 Å². The Balaban J connectivity index is 1.06. The second-order valence-corrected chi connectivity index (χ2v) is 18.5. The van der Waals surface area contributed by atoms with E-state index in [0.29, 0.717) is 0 Å². The maximum absolute atomic E-state index is 5.45. The predicted molar refractivity (Wildman–Crippen MR) is 235 cm³/mol. The van der Waals surface area contributed by atoms with E-state index in [1.807, 2.05) is 0 Å². The highest BCUT2D eigenvalue weighted by Crippen LogP contribution is 2.68. The minimum Gasteiger partial charge on any atom is -0.227 e. The number of hydrogen-bond acceptors (Lipinski definition) is 2. The molecule has 260 valence electrons. The Bertz CT molecular complexity index is 3150. The lowest BCUT2D eigenvalue weighted by Gasteiger charge is -2.28. The van der Waals surface area contributed by atoms with Crippen LogP contribution in [0.4, 0.5) is 0 Å². The smallest absolute Gasteiger partial charge is 0.160 e. The SMILES string of the molecule is CS1(C)c2ccccc2-c2c1ccc1c(-c3ccccc3)nc(-c3cccc(-c4cccc(-c5ccc6c7ccccc7c7ccccc7c6c5)c4)c3)nc21. The zero-order chi connectivity index (χ0) is 36.7. The molecule has 0 N–H and O–H groups in total. The third-order valence-electron chi connectivity index (χ3n) is 11.5. The molecular formula is C52H36N2S. The highest BCUT2D eigenvalue weighted by molar-refractivity contribution is 8.33. The summed E-state index contributed by atoms with van der Waals surface area (Å²) >= 11 is 0. The fourth-order valence-electron chi connectivity index (χ4n) is 8.85. The molecule has 2 nitrogen and oxygen atoms in total. The van der Waals surface area contributed by atoms with Crippen molar-refractivity contribution in [3.8, 4) is 56.0 Å². The lowest BCUT2D eigenvalue weighted by molar-refractivity contribution is 1.22. The van der Waals surface area contributed by atoms with Crippen molar-refractivity contribution in [1.29, 1.82) is 0 Å². The monoisotopic (exact) mass is 720 g/mol. The fourth-order valence-corrected chi connectivity index (χ4v) is 11.3. The van der Waals surface area contributed by atoms with Gasteiger partial charge < -0.3 is 0 Å². The van der Waals surface area contributed by atoms with Crippen LogP contribution < -0.4 is 0 Å². The summed E-state index contributed by atoms with van der Waals surface area (Å²) in [7, 11) is -1.17. The lowest BCUT2D eigenvalue weighted by Crippen LogP contribution is -1.98. The molecule has 1 aromatic heterocycles. The first-order valence-corrected chi connectivity index (χ1v) is 21.3. The van der Waals surface area contributed by atoms with Crippen molar-refractivity contribution in [1.82, 2.24) is 9.97 Å². The van der Waals surface area contributed by atoms with Crippen LogP contribution in [0.1, 0.15) is 0 Å². The third-order valence-corrected chi connectivity index (χ3v) is 14.4. The van der Waals surface area contributed by atoms with Gasteiger partial charge in [-0.05, 0) is 109 Å². The molecule has 0 unspecified atom stereocenters. The Kier molecular flexibility index (Phi) is 7.11. The van der Waals surface area contributed by atoms with Crippen molar-refractivity contribution in [3.05, 3.63) is 182 Å². The fraction of sp³-hybridized carbons (Fsp3) is 0.0385. The molecule has 0 saturated heterocycles. The number of benzene rings is 9. The maximum atomic E-state index is 5.45. The quantitative estimate of drug-likeness (QED) is 0.169. The van der Waals surface area contributed by atoms with Crippen LogP contribution in [0.5, 0.6) is 0 Å². The van der Waals surface area contributed by atoms with E-state index in [1.54, 1.807) is 0 Å². The van der Waals surface area contributed by atoms with Gasteiger partial charge in [-0.2, -0.15) is 10.0 Å². The summed E-state index contributed by atoms with van der Waals surface area (Å²) in [5.74, 6) is 0.739. The molecule has 11 rings (SSSR count). The molecule has 0 radical (unpaired) electrons. The Morgan fingerprint density at radius 1 is 0.345 bits per heavy atom. The minimum atomic E-state index is -1.17. The lowest BCUT2D eigenvalue weighted by atomic mass is 9.91. The molecular weight excluding hydrogens is 685 g/mol. The second kappa shape index (κ2) is 12.2. The number of rotatable bonds is 4. The predicted octanol–water partition coefficient (Wildman–Crippen LogP) is 14.2. The molecule has 0 aliphatic carbocycles. The molecule has 0 saturated carbocycles. The Morgan fingerprint density at radius 3 is 1.55 bits per heavy atom. The molecule has 0 bridgehead atoms. The molecule has 10 aromatic rings. The van der Waals surface area contributed by atoms with E-state index in [9.17, 15) is 0 Å². The molecule has 9 aromatic carbocycles. The highest BCUT2D eigenvalue weighted by Gasteiger charge is 2.34. The van der Waals surface area contributed by atoms with E-state index in [2.05, 4.69) is 195 Å².